The lowest BCUT2D eigenvalue weighted by atomic mass is 9.87. The van der Waals surface area contributed by atoms with Gasteiger partial charge in [-0.15, -0.1) is 0 Å². The third-order valence-corrected chi connectivity index (χ3v) is 4.94. The van der Waals surface area contributed by atoms with Crippen LogP contribution in [0.2, 0.25) is 0 Å². The third-order valence-electron chi connectivity index (χ3n) is 4.41. The highest BCUT2D eigenvalue weighted by Gasteiger charge is 2.33. The van der Waals surface area contributed by atoms with Crippen molar-refractivity contribution in [3.63, 3.8) is 0 Å². The van der Waals surface area contributed by atoms with E-state index in [-0.39, 0.29) is 5.92 Å². The first-order valence-corrected chi connectivity index (χ1v) is 8.17. The van der Waals surface area contributed by atoms with Gasteiger partial charge in [-0.3, -0.25) is 0 Å². The highest BCUT2D eigenvalue weighted by Crippen LogP contribution is 2.49. The zero-order valence-corrected chi connectivity index (χ0v) is 13.5. The number of fused-ring (bicyclic) bond motifs is 3. The van der Waals surface area contributed by atoms with Crippen molar-refractivity contribution in [1.82, 2.24) is 0 Å². The van der Waals surface area contributed by atoms with E-state index in [4.69, 9.17) is 0 Å². The summed E-state index contributed by atoms with van der Waals surface area (Å²) in [6.45, 7) is 0. The first-order valence-electron chi connectivity index (χ1n) is 7.37. The zero-order valence-electron chi connectivity index (χ0n) is 11.9. The van der Waals surface area contributed by atoms with Crippen molar-refractivity contribution < 1.29 is 5.11 Å². The molecule has 4 rings (SSSR count). The summed E-state index contributed by atoms with van der Waals surface area (Å²) in [7, 11) is 0. The van der Waals surface area contributed by atoms with Gasteiger partial charge in [0.05, 0.1) is 6.10 Å². The normalized spacial score (nSPS) is 14.5. The Hall–Kier alpha value is -1.90. The van der Waals surface area contributed by atoms with Crippen LogP contribution in [0.15, 0.2) is 77.3 Å². The van der Waals surface area contributed by atoms with Crippen molar-refractivity contribution in [2.24, 2.45) is 0 Å². The van der Waals surface area contributed by atoms with Gasteiger partial charge >= 0.3 is 0 Å². The predicted molar refractivity (Wildman–Crippen MR) is 92.8 cm³/mol. The fourth-order valence-electron chi connectivity index (χ4n) is 3.39. The van der Waals surface area contributed by atoms with E-state index in [1.54, 1.807) is 0 Å². The van der Waals surface area contributed by atoms with E-state index in [0.717, 1.165) is 10.0 Å². The van der Waals surface area contributed by atoms with Gasteiger partial charge < -0.3 is 5.11 Å². The Kier molecular flexibility index (Phi) is 3.36. The number of halogens is 1. The van der Waals surface area contributed by atoms with Crippen LogP contribution in [-0.2, 0) is 0 Å². The number of benzene rings is 3. The molecule has 3 aromatic rings. The van der Waals surface area contributed by atoms with Crippen LogP contribution in [0.5, 0.6) is 0 Å². The topological polar surface area (TPSA) is 20.2 Å². The molecule has 0 heterocycles. The Morgan fingerprint density at radius 2 is 1.23 bits per heavy atom. The zero-order chi connectivity index (χ0) is 15.1. The maximum atomic E-state index is 11.0. The number of hydrogen-bond acceptors (Lipinski definition) is 1. The van der Waals surface area contributed by atoms with E-state index < -0.39 is 6.10 Å². The summed E-state index contributed by atoms with van der Waals surface area (Å²) in [5, 5.41) is 11.0. The first-order chi connectivity index (χ1) is 10.8. The molecule has 108 valence electrons. The van der Waals surface area contributed by atoms with Crippen LogP contribution in [-0.4, -0.2) is 5.11 Å². The van der Waals surface area contributed by atoms with Gasteiger partial charge in [0, 0.05) is 10.4 Å². The van der Waals surface area contributed by atoms with Crippen LogP contribution < -0.4 is 0 Å². The minimum Gasteiger partial charge on any atom is -0.387 e. The van der Waals surface area contributed by atoms with E-state index in [9.17, 15) is 5.11 Å². The standard InChI is InChI=1S/C20H15BrO/c21-14-11-9-13(10-12-14)20(22)19-17-7-3-1-5-15(17)16-6-2-4-8-18(16)19/h1-12,19-20,22H. The van der Waals surface area contributed by atoms with Crippen LogP contribution in [0.3, 0.4) is 0 Å². The molecule has 3 aromatic carbocycles. The second-order valence-corrected chi connectivity index (χ2v) is 6.56. The quantitative estimate of drug-likeness (QED) is 0.665. The van der Waals surface area contributed by atoms with Gasteiger partial charge in [-0.2, -0.15) is 0 Å². The molecular weight excluding hydrogens is 336 g/mol. The van der Waals surface area contributed by atoms with Gasteiger partial charge in [0.15, 0.2) is 0 Å². The lowest BCUT2D eigenvalue weighted by Crippen LogP contribution is -2.09. The molecule has 0 fully saturated rings. The highest BCUT2D eigenvalue weighted by atomic mass is 79.9. The summed E-state index contributed by atoms with van der Waals surface area (Å²) in [6.07, 6.45) is -0.544. The molecule has 1 nitrogen and oxygen atoms in total. The number of aliphatic hydroxyl groups is 1. The lowest BCUT2D eigenvalue weighted by molar-refractivity contribution is 0.160. The molecule has 22 heavy (non-hydrogen) atoms. The second kappa shape index (κ2) is 5.38. The number of hydrogen-bond donors (Lipinski definition) is 1. The minimum atomic E-state index is -0.544. The van der Waals surface area contributed by atoms with Gasteiger partial charge in [-0.05, 0) is 39.9 Å². The smallest absolute Gasteiger partial charge is 0.0899 e. The third kappa shape index (κ3) is 2.11. The summed E-state index contributed by atoms with van der Waals surface area (Å²) in [6, 6.07) is 24.7. The Morgan fingerprint density at radius 1 is 0.727 bits per heavy atom. The molecule has 0 saturated heterocycles. The SMILES string of the molecule is OC(c1ccc(Br)cc1)C1c2ccccc2-c2ccccc21. The second-order valence-electron chi connectivity index (χ2n) is 5.65. The molecule has 0 aliphatic heterocycles. The number of aliphatic hydroxyl groups excluding tert-OH is 1. The molecule has 1 atom stereocenters. The Morgan fingerprint density at radius 3 is 1.77 bits per heavy atom. The van der Waals surface area contributed by atoms with Crippen LogP contribution in [0.4, 0.5) is 0 Å². The first kappa shape index (κ1) is 13.7. The molecule has 0 saturated carbocycles. The van der Waals surface area contributed by atoms with Crippen molar-refractivity contribution in [3.05, 3.63) is 94.0 Å². The molecule has 0 bridgehead atoms. The monoisotopic (exact) mass is 350 g/mol. The molecule has 0 aromatic heterocycles. The van der Waals surface area contributed by atoms with Crippen molar-refractivity contribution in [2.45, 2.75) is 12.0 Å². The van der Waals surface area contributed by atoms with Gasteiger partial charge in [-0.1, -0.05) is 76.6 Å². The van der Waals surface area contributed by atoms with Crippen LogP contribution in [0.1, 0.15) is 28.7 Å². The van der Waals surface area contributed by atoms with Crippen molar-refractivity contribution in [1.29, 1.82) is 0 Å². The minimum absolute atomic E-state index is 0.00595. The summed E-state index contributed by atoms with van der Waals surface area (Å²) in [5.74, 6) is -0.00595. The van der Waals surface area contributed by atoms with Crippen molar-refractivity contribution >= 4 is 15.9 Å². The van der Waals surface area contributed by atoms with E-state index in [1.807, 2.05) is 36.4 Å². The molecule has 1 aliphatic rings. The maximum absolute atomic E-state index is 11.0. The summed E-state index contributed by atoms with van der Waals surface area (Å²) in [4.78, 5) is 0. The van der Waals surface area contributed by atoms with Gasteiger partial charge in [0.25, 0.3) is 0 Å². The van der Waals surface area contributed by atoms with Gasteiger partial charge in [0.1, 0.15) is 0 Å². The van der Waals surface area contributed by atoms with E-state index in [0.29, 0.717) is 0 Å². The average Bonchev–Trinajstić information content (AvgIpc) is 2.89. The Bertz CT molecular complexity index is 778. The van der Waals surface area contributed by atoms with Crippen LogP contribution >= 0.6 is 15.9 Å². The van der Waals surface area contributed by atoms with Gasteiger partial charge in [0.2, 0.25) is 0 Å². The summed E-state index contributed by atoms with van der Waals surface area (Å²) < 4.78 is 1.02. The molecule has 0 amide bonds. The molecule has 1 unspecified atom stereocenters. The van der Waals surface area contributed by atoms with E-state index >= 15 is 0 Å². The Balaban J connectivity index is 1.86. The fraction of sp³-hybridized carbons (Fsp3) is 0.100. The predicted octanol–water partition coefficient (Wildman–Crippen LogP) is 5.30. The Labute approximate surface area is 138 Å². The average molecular weight is 351 g/mol. The van der Waals surface area contributed by atoms with E-state index in [2.05, 4.69) is 52.3 Å². The largest absolute Gasteiger partial charge is 0.387 e. The van der Waals surface area contributed by atoms with Crippen molar-refractivity contribution in [2.75, 3.05) is 0 Å². The fourth-order valence-corrected chi connectivity index (χ4v) is 3.65. The molecule has 2 heteroatoms. The van der Waals surface area contributed by atoms with Crippen molar-refractivity contribution in [3.8, 4) is 11.1 Å². The number of rotatable bonds is 2. The molecule has 1 aliphatic carbocycles. The van der Waals surface area contributed by atoms with Crippen LogP contribution in [0.25, 0.3) is 11.1 Å². The summed E-state index contributed by atoms with van der Waals surface area (Å²) in [5.41, 5.74) is 5.83. The van der Waals surface area contributed by atoms with Gasteiger partial charge in [-0.25, -0.2) is 0 Å². The highest BCUT2D eigenvalue weighted by molar-refractivity contribution is 9.10. The lowest BCUT2D eigenvalue weighted by Gasteiger charge is -2.21. The van der Waals surface area contributed by atoms with E-state index in [1.165, 1.54) is 22.3 Å². The molecule has 0 spiro atoms. The van der Waals surface area contributed by atoms with Crippen LogP contribution in [0, 0.1) is 0 Å². The maximum Gasteiger partial charge on any atom is 0.0899 e. The molecular formula is C20H15BrO. The summed E-state index contributed by atoms with van der Waals surface area (Å²) >= 11 is 3.45. The molecule has 0 radical (unpaired) electrons. The molecule has 1 N–H and O–H groups in total.